The molecular weight excluding hydrogens is 300 g/mol. The summed E-state index contributed by atoms with van der Waals surface area (Å²) in [6.45, 7) is 2.11. The molecule has 0 atom stereocenters. The van der Waals surface area contributed by atoms with Crippen LogP contribution in [0, 0.1) is 0 Å². The van der Waals surface area contributed by atoms with Crippen LogP contribution in [-0.2, 0) is 0 Å². The van der Waals surface area contributed by atoms with Crippen LogP contribution < -0.4 is 15.4 Å². The summed E-state index contributed by atoms with van der Waals surface area (Å²) in [6.07, 6.45) is 5.61. The first-order valence-corrected chi connectivity index (χ1v) is 8.33. The zero-order chi connectivity index (χ0) is 16.4. The maximum atomic E-state index is 5.89. The van der Waals surface area contributed by atoms with Gasteiger partial charge in [-0.05, 0) is 43.5 Å². The largest absolute Gasteiger partial charge is 0.457 e. The van der Waals surface area contributed by atoms with E-state index in [0.29, 0.717) is 5.69 Å². The predicted octanol–water partition coefficient (Wildman–Crippen LogP) is 3.99. The molecule has 0 spiro atoms. The van der Waals surface area contributed by atoms with E-state index in [9.17, 15) is 0 Å². The highest BCUT2D eigenvalue weighted by atomic mass is 16.5. The minimum atomic E-state index is 0.681. The second kappa shape index (κ2) is 6.35. The van der Waals surface area contributed by atoms with Gasteiger partial charge in [-0.1, -0.05) is 6.07 Å². The number of fused-ring (bicyclic) bond motifs is 1. The number of nitrogen functional groups attached to an aromatic ring is 1. The molecule has 0 unspecified atom stereocenters. The van der Waals surface area contributed by atoms with Gasteiger partial charge in [-0.3, -0.25) is 4.98 Å². The highest BCUT2D eigenvalue weighted by Gasteiger charge is 2.13. The molecule has 0 aliphatic carbocycles. The Morgan fingerprint density at radius 1 is 0.917 bits per heavy atom. The summed E-state index contributed by atoms with van der Waals surface area (Å²) in [5.74, 6) is 2.40. The number of nitrogens with zero attached hydrogens (tertiary/aromatic N) is 3. The Bertz CT molecular complexity index is 859. The number of ether oxygens (including phenoxy) is 1. The van der Waals surface area contributed by atoms with Crippen LogP contribution in [-0.4, -0.2) is 23.1 Å². The third-order valence-corrected chi connectivity index (χ3v) is 4.27. The van der Waals surface area contributed by atoms with Crippen molar-refractivity contribution in [2.24, 2.45) is 0 Å². The van der Waals surface area contributed by atoms with Crippen LogP contribution in [0.5, 0.6) is 11.5 Å². The monoisotopic (exact) mass is 320 g/mol. The van der Waals surface area contributed by atoms with E-state index in [1.807, 2.05) is 42.6 Å². The van der Waals surface area contributed by atoms with Crippen LogP contribution in [0.2, 0.25) is 0 Å². The van der Waals surface area contributed by atoms with Crippen LogP contribution >= 0.6 is 0 Å². The van der Waals surface area contributed by atoms with Gasteiger partial charge >= 0.3 is 0 Å². The summed E-state index contributed by atoms with van der Waals surface area (Å²) in [5, 5.41) is 0. The van der Waals surface area contributed by atoms with E-state index < -0.39 is 0 Å². The highest BCUT2D eigenvalue weighted by Crippen LogP contribution is 2.27. The Labute approximate surface area is 141 Å². The molecule has 0 bridgehead atoms. The van der Waals surface area contributed by atoms with Gasteiger partial charge in [0.15, 0.2) is 0 Å². The number of aromatic nitrogens is 2. The first kappa shape index (κ1) is 14.8. The smallest absolute Gasteiger partial charge is 0.147 e. The molecule has 1 aliphatic heterocycles. The molecule has 5 nitrogen and oxygen atoms in total. The topological polar surface area (TPSA) is 64.3 Å². The van der Waals surface area contributed by atoms with Crippen molar-refractivity contribution in [3.05, 3.63) is 48.7 Å². The van der Waals surface area contributed by atoms with Gasteiger partial charge in [0.1, 0.15) is 17.3 Å². The lowest BCUT2D eigenvalue weighted by Gasteiger charge is -2.27. The first-order valence-electron chi connectivity index (χ1n) is 8.33. The molecular formula is C19H20N4O. The quantitative estimate of drug-likeness (QED) is 0.739. The van der Waals surface area contributed by atoms with Gasteiger partial charge < -0.3 is 15.4 Å². The molecule has 1 fully saturated rings. The fraction of sp³-hybridized carbons (Fsp3) is 0.263. The summed E-state index contributed by atoms with van der Waals surface area (Å²) >= 11 is 0. The second-order valence-electron chi connectivity index (χ2n) is 6.10. The van der Waals surface area contributed by atoms with Crippen molar-refractivity contribution in [1.82, 2.24) is 9.97 Å². The lowest BCUT2D eigenvalue weighted by molar-refractivity contribution is 0.483. The van der Waals surface area contributed by atoms with Gasteiger partial charge in [0.25, 0.3) is 0 Å². The van der Waals surface area contributed by atoms with E-state index >= 15 is 0 Å². The fourth-order valence-electron chi connectivity index (χ4n) is 3.03. The van der Waals surface area contributed by atoms with Crippen molar-refractivity contribution in [3.8, 4) is 11.5 Å². The SMILES string of the molecule is Nc1cccc(Oc2ccc3ncc(N4CCCCC4)nc3c2)c1. The van der Waals surface area contributed by atoms with Crippen molar-refractivity contribution in [3.63, 3.8) is 0 Å². The summed E-state index contributed by atoms with van der Waals surface area (Å²) in [4.78, 5) is 11.6. The van der Waals surface area contributed by atoms with Crippen LogP contribution in [0.25, 0.3) is 11.0 Å². The summed E-state index contributed by atoms with van der Waals surface area (Å²) in [6, 6.07) is 13.2. The van der Waals surface area contributed by atoms with E-state index in [-0.39, 0.29) is 0 Å². The zero-order valence-electron chi connectivity index (χ0n) is 13.5. The van der Waals surface area contributed by atoms with Crippen LogP contribution in [0.1, 0.15) is 19.3 Å². The maximum Gasteiger partial charge on any atom is 0.147 e. The molecule has 3 aromatic rings. The molecule has 4 rings (SSSR count). The molecule has 24 heavy (non-hydrogen) atoms. The molecule has 2 heterocycles. The molecule has 1 saturated heterocycles. The van der Waals surface area contributed by atoms with Crippen molar-refractivity contribution < 1.29 is 4.74 Å². The Morgan fingerprint density at radius 3 is 2.58 bits per heavy atom. The molecule has 1 aromatic heterocycles. The number of nitrogens with two attached hydrogens (primary N) is 1. The third-order valence-electron chi connectivity index (χ3n) is 4.27. The lowest BCUT2D eigenvalue weighted by Crippen LogP contribution is -2.30. The van der Waals surface area contributed by atoms with Crippen LogP contribution in [0.4, 0.5) is 11.5 Å². The Kier molecular flexibility index (Phi) is 3.91. The average molecular weight is 320 g/mol. The number of hydrogen-bond acceptors (Lipinski definition) is 5. The van der Waals surface area contributed by atoms with Crippen LogP contribution in [0.15, 0.2) is 48.7 Å². The van der Waals surface area contributed by atoms with Crippen molar-refractivity contribution in [1.29, 1.82) is 0 Å². The minimum absolute atomic E-state index is 0.681. The molecule has 0 radical (unpaired) electrons. The summed E-state index contributed by atoms with van der Waals surface area (Å²) in [7, 11) is 0. The second-order valence-corrected chi connectivity index (χ2v) is 6.10. The van der Waals surface area contributed by atoms with Crippen molar-refractivity contribution in [2.75, 3.05) is 23.7 Å². The zero-order valence-corrected chi connectivity index (χ0v) is 13.5. The maximum absolute atomic E-state index is 5.89. The molecule has 5 heteroatoms. The van der Waals surface area contributed by atoms with Gasteiger partial charge in [0.2, 0.25) is 0 Å². The number of piperidine rings is 1. The summed E-state index contributed by atoms with van der Waals surface area (Å²) < 4.78 is 5.89. The third kappa shape index (κ3) is 3.11. The van der Waals surface area contributed by atoms with Gasteiger partial charge in [0, 0.05) is 30.9 Å². The Morgan fingerprint density at radius 2 is 1.75 bits per heavy atom. The summed E-state index contributed by atoms with van der Waals surface area (Å²) in [5.41, 5.74) is 8.20. The molecule has 1 aliphatic rings. The normalized spacial score (nSPS) is 14.8. The highest BCUT2D eigenvalue weighted by molar-refractivity contribution is 5.77. The fourth-order valence-corrected chi connectivity index (χ4v) is 3.03. The van der Waals surface area contributed by atoms with E-state index in [1.54, 1.807) is 6.07 Å². The van der Waals surface area contributed by atoms with Gasteiger partial charge in [0.05, 0.1) is 17.2 Å². The van der Waals surface area contributed by atoms with Gasteiger partial charge in [-0.2, -0.15) is 0 Å². The molecule has 0 amide bonds. The molecule has 2 aromatic carbocycles. The Balaban J connectivity index is 1.63. The van der Waals surface area contributed by atoms with Gasteiger partial charge in [-0.15, -0.1) is 0 Å². The van der Waals surface area contributed by atoms with Crippen molar-refractivity contribution >= 4 is 22.5 Å². The number of rotatable bonds is 3. The lowest BCUT2D eigenvalue weighted by atomic mass is 10.1. The van der Waals surface area contributed by atoms with E-state index in [2.05, 4.69) is 9.88 Å². The average Bonchev–Trinajstić information content (AvgIpc) is 2.62. The van der Waals surface area contributed by atoms with E-state index in [1.165, 1.54) is 19.3 Å². The number of benzene rings is 2. The standard InChI is InChI=1S/C19H20N4O/c20-14-5-4-6-15(11-14)24-16-7-8-17-18(12-16)22-19(13-21-17)23-9-2-1-3-10-23/h4-8,11-13H,1-3,9-10,20H2. The van der Waals surface area contributed by atoms with Crippen molar-refractivity contribution in [2.45, 2.75) is 19.3 Å². The first-order chi connectivity index (χ1) is 11.8. The van der Waals surface area contributed by atoms with Crippen LogP contribution in [0.3, 0.4) is 0 Å². The predicted molar refractivity (Wildman–Crippen MR) is 96.5 cm³/mol. The molecule has 0 saturated carbocycles. The van der Waals surface area contributed by atoms with E-state index in [4.69, 9.17) is 15.5 Å². The van der Waals surface area contributed by atoms with E-state index in [0.717, 1.165) is 41.4 Å². The number of anilines is 2. The number of hydrogen-bond donors (Lipinski definition) is 1. The molecule has 122 valence electrons. The van der Waals surface area contributed by atoms with Gasteiger partial charge in [-0.25, -0.2) is 4.98 Å². The molecule has 2 N–H and O–H groups in total. The minimum Gasteiger partial charge on any atom is -0.457 e. The Hall–Kier alpha value is -2.82.